The van der Waals surface area contributed by atoms with Crippen LogP contribution >= 0.6 is 11.3 Å². The number of fused-ring (bicyclic) bond motifs is 1. The van der Waals surface area contributed by atoms with E-state index in [1.165, 1.54) is 15.6 Å². The van der Waals surface area contributed by atoms with E-state index in [1.54, 1.807) is 60.7 Å². The van der Waals surface area contributed by atoms with Crippen molar-refractivity contribution in [3.05, 3.63) is 72.7 Å². The summed E-state index contributed by atoms with van der Waals surface area (Å²) < 4.78 is 39.7. The molecule has 2 aromatic carbocycles. The van der Waals surface area contributed by atoms with Gasteiger partial charge in [0.05, 0.1) is 35.4 Å². The molecule has 4 aromatic rings. The first-order valence-corrected chi connectivity index (χ1v) is 13.6. The third-order valence-corrected chi connectivity index (χ3v) is 9.02. The van der Waals surface area contributed by atoms with Crippen molar-refractivity contribution in [2.75, 3.05) is 25.1 Å². The summed E-state index contributed by atoms with van der Waals surface area (Å²) in [6.45, 7) is 0.715. The van der Waals surface area contributed by atoms with Crippen LogP contribution in [0.3, 0.4) is 0 Å². The number of carbonyl (C=O) groups is 1. The average molecular weight is 512 g/mol. The Balaban J connectivity index is 1.46. The number of nitrogens with zero attached hydrogens (tertiary/aromatic N) is 3. The first-order valence-electron chi connectivity index (χ1n) is 11.3. The molecule has 10 heteroatoms. The molecular weight excluding hydrogens is 486 g/mol. The van der Waals surface area contributed by atoms with Crippen LogP contribution in [0.15, 0.2) is 76.2 Å². The van der Waals surface area contributed by atoms with E-state index in [0.29, 0.717) is 41.5 Å². The standard InChI is InChI=1S/C25H25N3O5S2/c1-32-21-12-5-13-22-23(21)26-25(34-22)28(17-19-9-7-15-33-19)24(29)18-8-6-14-27(16-18)35(30,31)20-10-3-2-4-11-20/h2-5,7,9-13,15,18H,6,8,14,16-17H2,1H3. The number of carbonyl (C=O) groups excluding carboxylic acids is 1. The van der Waals surface area contributed by atoms with Crippen molar-refractivity contribution in [1.29, 1.82) is 0 Å². The van der Waals surface area contributed by atoms with Gasteiger partial charge in [0.15, 0.2) is 5.13 Å². The van der Waals surface area contributed by atoms with Gasteiger partial charge in [0.1, 0.15) is 17.0 Å². The molecule has 0 saturated carbocycles. The number of hydrogen-bond donors (Lipinski definition) is 0. The molecule has 1 aliphatic rings. The summed E-state index contributed by atoms with van der Waals surface area (Å²) in [5, 5.41) is 0.522. The second kappa shape index (κ2) is 9.80. The summed E-state index contributed by atoms with van der Waals surface area (Å²) in [5.74, 6) is 0.584. The van der Waals surface area contributed by atoms with Gasteiger partial charge in [-0.3, -0.25) is 9.69 Å². The van der Waals surface area contributed by atoms with Crippen LogP contribution < -0.4 is 9.64 Å². The number of methoxy groups -OCH3 is 1. The molecule has 1 atom stereocenters. The van der Waals surface area contributed by atoms with Crippen LogP contribution in [0, 0.1) is 5.92 Å². The lowest BCUT2D eigenvalue weighted by Crippen LogP contribution is -2.46. The largest absolute Gasteiger partial charge is 0.494 e. The fourth-order valence-corrected chi connectivity index (χ4v) is 6.85. The third-order valence-electron chi connectivity index (χ3n) is 6.10. The van der Waals surface area contributed by atoms with Crippen LogP contribution in [0.25, 0.3) is 10.2 Å². The van der Waals surface area contributed by atoms with Crippen molar-refractivity contribution in [2.45, 2.75) is 24.3 Å². The fraction of sp³-hybridized carbons (Fsp3) is 0.280. The van der Waals surface area contributed by atoms with Crippen LogP contribution in [0.5, 0.6) is 5.75 Å². The summed E-state index contributed by atoms with van der Waals surface area (Å²) in [7, 11) is -2.10. The van der Waals surface area contributed by atoms with Crippen molar-refractivity contribution in [1.82, 2.24) is 9.29 Å². The molecule has 5 rings (SSSR count). The Morgan fingerprint density at radius 1 is 1.17 bits per heavy atom. The zero-order chi connectivity index (χ0) is 24.4. The maximum absolute atomic E-state index is 13.9. The van der Waals surface area contributed by atoms with Crippen LogP contribution in [-0.2, 0) is 21.4 Å². The topological polar surface area (TPSA) is 93.0 Å². The molecule has 1 unspecified atom stereocenters. The summed E-state index contributed by atoms with van der Waals surface area (Å²) in [6, 6.07) is 17.6. The van der Waals surface area contributed by atoms with E-state index in [4.69, 9.17) is 14.1 Å². The molecular formula is C25H25N3O5S2. The Morgan fingerprint density at radius 2 is 2.00 bits per heavy atom. The summed E-state index contributed by atoms with van der Waals surface area (Å²) >= 11 is 1.39. The number of piperidine rings is 1. The predicted octanol–water partition coefficient (Wildman–Crippen LogP) is 4.53. The molecule has 0 N–H and O–H groups in total. The molecule has 1 fully saturated rings. The second-order valence-electron chi connectivity index (χ2n) is 8.32. The van der Waals surface area contributed by atoms with Crippen molar-refractivity contribution < 1.29 is 22.4 Å². The molecule has 1 saturated heterocycles. The minimum Gasteiger partial charge on any atom is -0.494 e. The molecule has 1 aliphatic heterocycles. The molecule has 182 valence electrons. The number of amides is 1. The van der Waals surface area contributed by atoms with Crippen molar-refractivity contribution in [3.8, 4) is 5.75 Å². The van der Waals surface area contributed by atoms with Crippen LogP contribution in [0.1, 0.15) is 18.6 Å². The Kier molecular flexibility index (Phi) is 6.59. The van der Waals surface area contributed by atoms with Crippen LogP contribution in [0.4, 0.5) is 5.13 Å². The predicted molar refractivity (Wildman–Crippen MR) is 134 cm³/mol. The number of furan rings is 1. The minimum absolute atomic E-state index is 0.124. The molecule has 1 amide bonds. The van der Waals surface area contributed by atoms with Crippen molar-refractivity contribution >= 4 is 42.6 Å². The first kappa shape index (κ1) is 23.5. The van der Waals surface area contributed by atoms with Gasteiger partial charge in [-0.1, -0.05) is 35.6 Å². The van der Waals surface area contributed by atoms with E-state index in [-0.39, 0.29) is 23.9 Å². The van der Waals surface area contributed by atoms with Gasteiger partial charge in [0, 0.05) is 13.1 Å². The van der Waals surface area contributed by atoms with Crippen LogP contribution in [-0.4, -0.2) is 43.8 Å². The van der Waals surface area contributed by atoms with E-state index in [1.807, 2.05) is 18.2 Å². The Hall–Kier alpha value is -3.21. The summed E-state index contributed by atoms with van der Waals surface area (Å²) in [6.07, 6.45) is 2.77. The first-order chi connectivity index (χ1) is 17.0. The van der Waals surface area contributed by atoms with E-state index in [9.17, 15) is 13.2 Å². The molecule has 2 aromatic heterocycles. The highest BCUT2D eigenvalue weighted by Gasteiger charge is 2.36. The molecule has 35 heavy (non-hydrogen) atoms. The average Bonchev–Trinajstić information content (AvgIpc) is 3.57. The Labute approximate surface area is 207 Å². The minimum atomic E-state index is -3.68. The van der Waals surface area contributed by atoms with Gasteiger partial charge in [0.2, 0.25) is 15.9 Å². The smallest absolute Gasteiger partial charge is 0.243 e. The van der Waals surface area contributed by atoms with Crippen molar-refractivity contribution in [3.63, 3.8) is 0 Å². The number of thiazole rings is 1. The van der Waals surface area contributed by atoms with Crippen molar-refractivity contribution in [2.24, 2.45) is 5.92 Å². The van der Waals surface area contributed by atoms with Crippen LogP contribution in [0.2, 0.25) is 0 Å². The molecule has 0 spiro atoms. The van der Waals surface area contributed by atoms with Gasteiger partial charge >= 0.3 is 0 Å². The lowest BCUT2D eigenvalue weighted by molar-refractivity contribution is -0.123. The quantitative estimate of drug-likeness (QED) is 0.362. The Bertz CT molecular complexity index is 1420. The van der Waals surface area contributed by atoms with Gasteiger partial charge in [-0.25, -0.2) is 13.4 Å². The Morgan fingerprint density at radius 3 is 2.74 bits per heavy atom. The molecule has 3 heterocycles. The van der Waals surface area contributed by atoms with E-state index >= 15 is 0 Å². The number of para-hydroxylation sites is 1. The monoisotopic (exact) mass is 511 g/mol. The van der Waals surface area contributed by atoms with Gasteiger partial charge in [0.25, 0.3) is 0 Å². The normalized spacial score (nSPS) is 16.9. The van der Waals surface area contributed by atoms with E-state index < -0.39 is 15.9 Å². The number of sulfonamides is 1. The van der Waals surface area contributed by atoms with Gasteiger partial charge in [-0.15, -0.1) is 0 Å². The molecule has 0 bridgehead atoms. The second-order valence-corrected chi connectivity index (χ2v) is 11.3. The zero-order valence-electron chi connectivity index (χ0n) is 19.2. The number of rotatable bonds is 7. The lowest BCUT2D eigenvalue weighted by Gasteiger charge is -2.33. The molecule has 8 nitrogen and oxygen atoms in total. The zero-order valence-corrected chi connectivity index (χ0v) is 20.8. The molecule has 0 radical (unpaired) electrons. The number of aromatic nitrogens is 1. The highest BCUT2D eigenvalue weighted by atomic mass is 32.2. The van der Waals surface area contributed by atoms with E-state index in [0.717, 1.165) is 4.70 Å². The summed E-state index contributed by atoms with van der Waals surface area (Å²) in [5.41, 5.74) is 0.684. The van der Waals surface area contributed by atoms with E-state index in [2.05, 4.69) is 0 Å². The van der Waals surface area contributed by atoms with Gasteiger partial charge in [-0.2, -0.15) is 4.31 Å². The third kappa shape index (κ3) is 4.69. The SMILES string of the molecule is COc1cccc2sc(N(Cc3ccco3)C(=O)C3CCCN(S(=O)(=O)c4ccccc4)C3)nc12. The highest BCUT2D eigenvalue weighted by molar-refractivity contribution is 7.89. The number of hydrogen-bond acceptors (Lipinski definition) is 7. The number of benzene rings is 2. The lowest BCUT2D eigenvalue weighted by atomic mass is 9.98. The highest BCUT2D eigenvalue weighted by Crippen LogP contribution is 2.36. The number of anilines is 1. The van der Waals surface area contributed by atoms with Gasteiger partial charge < -0.3 is 9.15 Å². The fourth-order valence-electron chi connectivity index (χ4n) is 4.31. The van der Waals surface area contributed by atoms with Gasteiger partial charge in [-0.05, 0) is 49.2 Å². The number of ether oxygens (including phenoxy) is 1. The molecule has 0 aliphatic carbocycles. The summed E-state index contributed by atoms with van der Waals surface area (Å²) in [4.78, 5) is 20.4. The maximum Gasteiger partial charge on any atom is 0.243 e. The maximum atomic E-state index is 13.9.